The highest BCUT2D eigenvalue weighted by molar-refractivity contribution is 7.92. The molecule has 0 radical (unpaired) electrons. The minimum Gasteiger partial charge on any atom is -0.366 e. The predicted molar refractivity (Wildman–Crippen MR) is 123 cm³/mol. The van der Waals surface area contributed by atoms with Crippen LogP contribution in [0, 0.1) is 6.92 Å². The lowest BCUT2D eigenvalue weighted by Gasteiger charge is -2.23. The van der Waals surface area contributed by atoms with Gasteiger partial charge in [0.2, 0.25) is 5.91 Å². The van der Waals surface area contributed by atoms with Gasteiger partial charge in [0.15, 0.2) is 0 Å². The van der Waals surface area contributed by atoms with Gasteiger partial charge in [-0.15, -0.1) is 0 Å². The van der Waals surface area contributed by atoms with Crippen molar-refractivity contribution in [3.05, 3.63) is 89.5 Å². The van der Waals surface area contributed by atoms with Crippen LogP contribution in [-0.2, 0) is 10.0 Å². The number of amides is 2. The molecule has 0 aromatic heterocycles. The van der Waals surface area contributed by atoms with Gasteiger partial charge in [-0.25, -0.2) is 8.42 Å². The van der Waals surface area contributed by atoms with Crippen LogP contribution < -0.4 is 15.4 Å². The monoisotopic (exact) mass is 449 g/mol. The van der Waals surface area contributed by atoms with E-state index in [1.54, 1.807) is 53.4 Å². The van der Waals surface area contributed by atoms with Gasteiger partial charge in [0.1, 0.15) is 0 Å². The number of hydrogen-bond donors (Lipinski definition) is 2. The van der Waals surface area contributed by atoms with Crippen LogP contribution >= 0.6 is 0 Å². The Kier molecular flexibility index (Phi) is 5.71. The molecule has 1 fully saturated rings. The molecule has 3 aromatic rings. The Morgan fingerprint density at radius 2 is 1.59 bits per heavy atom. The smallest absolute Gasteiger partial charge is 0.261 e. The Balaban J connectivity index is 1.64. The van der Waals surface area contributed by atoms with E-state index in [4.69, 9.17) is 5.73 Å². The van der Waals surface area contributed by atoms with Gasteiger partial charge in [-0.2, -0.15) is 0 Å². The van der Waals surface area contributed by atoms with Crippen LogP contribution in [0.25, 0.3) is 0 Å². The number of carbonyl (C=O) groups excluding carboxylic acids is 2. The highest BCUT2D eigenvalue weighted by atomic mass is 32.2. The summed E-state index contributed by atoms with van der Waals surface area (Å²) in [6.07, 6.45) is 1.67. The first-order valence-corrected chi connectivity index (χ1v) is 11.7. The van der Waals surface area contributed by atoms with Gasteiger partial charge >= 0.3 is 0 Å². The third-order valence-corrected chi connectivity index (χ3v) is 6.61. The van der Waals surface area contributed by atoms with E-state index < -0.39 is 15.9 Å². The quantitative estimate of drug-likeness (QED) is 0.573. The Hall–Kier alpha value is -3.65. The highest BCUT2D eigenvalue weighted by Crippen LogP contribution is 2.34. The maximum absolute atomic E-state index is 13.4. The molecular formula is C24H23N3O4S. The summed E-state index contributed by atoms with van der Waals surface area (Å²) in [6, 6.07) is 19.5. The van der Waals surface area contributed by atoms with Gasteiger partial charge in [0, 0.05) is 28.5 Å². The van der Waals surface area contributed by atoms with Crippen LogP contribution in [0.5, 0.6) is 0 Å². The molecule has 1 aliphatic rings. The molecule has 1 aliphatic carbocycles. The van der Waals surface area contributed by atoms with Crippen molar-refractivity contribution in [1.29, 1.82) is 0 Å². The molecule has 7 nitrogen and oxygen atoms in total. The molecule has 2 amide bonds. The molecule has 0 bridgehead atoms. The summed E-state index contributed by atoms with van der Waals surface area (Å²) in [5.74, 6) is -0.910. The van der Waals surface area contributed by atoms with Crippen molar-refractivity contribution in [1.82, 2.24) is 0 Å². The second-order valence-electron chi connectivity index (χ2n) is 7.82. The molecule has 0 aliphatic heterocycles. The summed E-state index contributed by atoms with van der Waals surface area (Å²) >= 11 is 0. The average molecular weight is 450 g/mol. The molecule has 0 spiro atoms. The van der Waals surface area contributed by atoms with E-state index in [2.05, 4.69) is 4.72 Å². The molecule has 0 unspecified atom stereocenters. The zero-order chi connectivity index (χ0) is 22.9. The number of nitrogens with two attached hydrogens (primary N) is 1. The number of nitrogens with zero attached hydrogens (tertiary/aromatic N) is 1. The van der Waals surface area contributed by atoms with Gasteiger partial charge in [0.25, 0.3) is 15.9 Å². The number of hydrogen-bond acceptors (Lipinski definition) is 4. The van der Waals surface area contributed by atoms with E-state index >= 15 is 0 Å². The number of rotatable bonds is 7. The Morgan fingerprint density at radius 1 is 0.938 bits per heavy atom. The molecule has 164 valence electrons. The molecule has 4 rings (SSSR count). The molecule has 3 N–H and O–H groups in total. The molecule has 0 heterocycles. The number of anilines is 2. The zero-order valence-corrected chi connectivity index (χ0v) is 18.3. The van der Waals surface area contributed by atoms with Crippen molar-refractivity contribution in [3.63, 3.8) is 0 Å². The van der Waals surface area contributed by atoms with Crippen molar-refractivity contribution >= 4 is 33.2 Å². The van der Waals surface area contributed by atoms with Crippen molar-refractivity contribution in [2.75, 3.05) is 9.62 Å². The van der Waals surface area contributed by atoms with Crippen LogP contribution in [0.2, 0.25) is 0 Å². The lowest BCUT2D eigenvalue weighted by atomic mass is 10.1. The number of carbonyl (C=O) groups is 2. The zero-order valence-electron chi connectivity index (χ0n) is 17.5. The second-order valence-corrected chi connectivity index (χ2v) is 9.50. The molecule has 0 saturated heterocycles. The van der Waals surface area contributed by atoms with E-state index in [0.29, 0.717) is 16.9 Å². The van der Waals surface area contributed by atoms with E-state index in [0.717, 1.165) is 18.4 Å². The van der Waals surface area contributed by atoms with Crippen LogP contribution in [0.1, 0.15) is 39.1 Å². The molecule has 32 heavy (non-hydrogen) atoms. The van der Waals surface area contributed by atoms with Crippen LogP contribution in [0.15, 0.2) is 77.7 Å². The third-order valence-electron chi connectivity index (χ3n) is 5.23. The van der Waals surface area contributed by atoms with Crippen molar-refractivity contribution in [2.45, 2.75) is 30.7 Å². The molecule has 0 atom stereocenters. The Bertz CT molecular complexity index is 1280. The fourth-order valence-electron chi connectivity index (χ4n) is 3.41. The van der Waals surface area contributed by atoms with E-state index in [1.165, 1.54) is 12.1 Å². The highest BCUT2D eigenvalue weighted by Gasteiger charge is 2.35. The summed E-state index contributed by atoms with van der Waals surface area (Å²) in [7, 11) is -3.88. The van der Waals surface area contributed by atoms with Crippen LogP contribution in [-0.4, -0.2) is 26.3 Å². The summed E-state index contributed by atoms with van der Waals surface area (Å²) in [5, 5.41) is 0. The van der Waals surface area contributed by atoms with Crippen LogP contribution in [0.3, 0.4) is 0 Å². The first-order valence-electron chi connectivity index (χ1n) is 10.2. The Morgan fingerprint density at radius 3 is 2.25 bits per heavy atom. The van der Waals surface area contributed by atoms with Crippen molar-refractivity contribution in [2.24, 2.45) is 5.73 Å². The maximum atomic E-state index is 13.4. The SMILES string of the molecule is Cc1ccc(NS(=O)(=O)c2cccc(C(=O)N(c3cccc(C(N)=O)c3)C3CC3)c2)cc1. The van der Waals surface area contributed by atoms with Crippen LogP contribution in [0.4, 0.5) is 11.4 Å². The fraction of sp³-hybridized carbons (Fsp3) is 0.167. The fourth-order valence-corrected chi connectivity index (χ4v) is 4.51. The lowest BCUT2D eigenvalue weighted by molar-refractivity contribution is 0.0979. The van der Waals surface area contributed by atoms with Gasteiger partial charge < -0.3 is 10.6 Å². The lowest BCUT2D eigenvalue weighted by Crippen LogP contribution is -2.33. The first-order chi connectivity index (χ1) is 15.2. The van der Waals surface area contributed by atoms with Crippen molar-refractivity contribution in [3.8, 4) is 0 Å². The Labute approximate surface area is 186 Å². The predicted octanol–water partition coefficient (Wildman–Crippen LogP) is 3.70. The molecule has 8 heteroatoms. The topological polar surface area (TPSA) is 110 Å². The molecule has 1 saturated carbocycles. The molecular weight excluding hydrogens is 426 g/mol. The average Bonchev–Trinajstić information content (AvgIpc) is 3.61. The first kappa shape index (κ1) is 21.6. The van der Waals surface area contributed by atoms with Crippen molar-refractivity contribution < 1.29 is 18.0 Å². The normalized spacial score (nSPS) is 13.4. The summed E-state index contributed by atoms with van der Waals surface area (Å²) in [5.41, 5.74) is 7.94. The van der Waals surface area contributed by atoms with E-state index in [-0.39, 0.29) is 22.4 Å². The van der Waals surface area contributed by atoms with Gasteiger partial charge in [0.05, 0.1) is 4.90 Å². The number of sulfonamides is 1. The number of aryl methyl sites for hydroxylation is 1. The maximum Gasteiger partial charge on any atom is 0.261 e. The van der Waals surface area contributed by atoms with Gasteiger partial charge in [-0.05, 0) is 68.3 Å². The number of benzene rings is 3. The minimum atomic E-state index is -3.88. The largest absolute Gasteiger partial charge is 0.366 e. The summed E-state index contributed by atoms with van der Waals surface area (Å²) < 4.78 is 28.3. The van der Waals surface area contributed by atoms with E-state index in [9.17, 15) is 18.0 Å². The summed E-state index contributed by atoms with van der Waals surface area (Å²) in [4.78, 5) is 26.5. The van der Waals surface area contributed by atoms with Gasteiger partial charge in [-0.3, -0.25) is 14.3 Å². The second kappa shape index (κ2) is 8.47. The minimum absolute atomic E-state index is 0.00317. The van der Waals surface area contributed by atoms with E-state index in [1.807, 2.05) is 19.1 Å². The number of primary amides is 1. The molecule has 3 aromatic carbocycles. The summed E-state index contributed by atoms with van der Waals surface area (Å²) in [6.45, 7) is 1.91. The van der Waals surface area contributed by atoms with Gasteiger partial charge in [-0.1, -0.05) is 29.8 Å². The third kappa shape index (κ3) is 4.65. The number of nitrogens with one attached hydrogen (secondary N) is 1. The standard InChI is InChI=1S/C24H23N3O4S/c1-16-8-10-19(11-9-16)26-32(30,31)22-7-3-5-18(15-22)24(29)27(20-12-13-20)21-6-2-4-17(14-21)23(25)28/h2-11,14-15,20,26H,12-13H2,1H3,(H2,25,28).